The maximum absolute atomic E-state index is 10.1. The van der Waals surface area contributed by atoms with Crippen molar-refractivity contribution in [3.05, 3.63) is 11.7 Å². The van der Waals surface area contributed by atoms with Crippen LogP contribution in [0, 0.1) is 0 Å². The Balaban J connectivity index is 1.87. The molecule has 1 aliphatic heterocycles. The van der Waals surface area contributed by atoms with Gasteiger partial charge in [-0.05, 0) is 6.42 Å². The Labute approximate surface area is 108 Å². The Morgan fingerprint density at radius 1 is 1.39 bits per heavy atom. The summed E-state index contributed by atoms with van der Waals surface area (Å²) in [5.41, 5.74) is -0.582. The van der Waals surface area contributed by atoms with Gasteiger partial charge in [0.1, 0.15) is 0 Å². The van der Waals surface area contributed by atoms with Crippen LogP contribution in [-0.4, -0.2) is 38.8 Å². The van der Waals surface area contributed by atoms with Crippen LogP contribution >= 0.6 is 0 Å². The van der Waals surface area contributed by atoms with Gasteiger partial charge in [-0.1, -0.05) is 39.3 Å². The van der Waals surface area contributed by atoms with Gasteiger partial charge in [-0.2, -0.15) is 4.98 Å². The number of nitrogens with zero attached hydrogens (tertiary/aromatic N) is 3. The van der Waals surface area contributed by atoms with E-state index in [2.05, 4.69) is 42.7 Å². The lowest BCUT2D eigenvalue weighted by molar-refractivity contribution is -0.109. The minimum absolute atomic E-state index is 0.0837. The van der Waals surface area contributed by atoms with Gasteiger partial charge in [0.25, 0.3) is 0 Å². The van der Waals surface area contributed by atoms with Gasteiger partial charge in [0.05, 0.1) is 12.1 Å². The van der Waals surface area contributed by atoms with Gasteiger partial charge in [0.2, 0.25) is 5.89 Å². The molecule has 1 aromatic rings. The highest BCUT2D eigenvalue weighted by Crippen LogP contribution is 2.27. The lowest BCUT2D eigenvalue weighted by Gasteiger charge is -2.46. The number of β-amino-alcohol motifs (C(OH)–C–C–N with tert-alkyl or cyclic N) is 1. The van der Waals surface area contributed by atoms with E-state index in [1.54, 1.807) is 0 Å². The quantitative estimate of drug-likeness (QED) is 0.885. The van der Waals surface area contributed by atoms with Gasteiger partial charge >= 0.3 is 0 Å². The van der Waals surface area contributed by atoms with E-state index in [1.807, 2.05) is 0 Å². The van der Waals surface area contributed by atoms with Crippen LogP contribution in [0.25, 0.3) is 0 Å². The van der Waals surface area contributed by atoms with Gasteiger partial charge in [-0.15, -0.1) is 0 Å². The van der Waals surface area contributed by atoms with Crippen LogP contribution in [0.15, 0.2) is 4.52 Å². The second-order valence-electron chi connectivity index (χ2n) is 6.38. The third kappa shape index (κ3) is 2.90. The third-order valence-corrected chi connectivity index (χ3v) is 3.25. The largest absolute Gasteiger partial charge is 0.387 e. The maximum atomic E-state index is 10.1. The van der Waals surface area contributed by atoms with Gasteiger partial charge < -0.3 is 9.63 Å². The molecule has 5 heteroatoms. The second-order valence-corrected chi connectivity index (χ2v) is 6.38. The Hall–Kier alpha value is -0.940. The number of aromatic nitrogens is 2. The molecule has 1 saturated heterocycles. The zero-order valence-electron chi connectivity index (χ0n) is 11.7. The summed E-state index contributed by atoms with van der Waals surface area (Å²) < 4.78 is 5.24. The summed E-state index contributed by atoms with van der Waals surface area (Å²) in [5.74, 6) is 1.38. The predicted molar refractivity (Wildman–Crippen MR) is 68.1 cm³/mol. The van der Waals surface area contributed by atoms with Crippen LogP contribution in [0.4, 0.5) is 0 Å². The van der Waals surface area contributed by atoms with E-state index >= 15 is 0 Å². The van der Waals surface area contributed by atoms with E-state index in [0.717, 1.165) is 18.7 Å². The average Bonchev–Trinajstić information content (AvgIpc) is 2.63. The molecule has 5 nitrogen and oxygen atoms in total. The Bertz CT molecular complexity index is 403. The molecule has 1 aromatic heterocycles. The summed E-state index contributed by atoms with van der Waals surface area (Å²) in [6.07, 6.45) is 1.87. The van der Waals surface area contributed by atoms with Crippen molar-refractivity contribution in [3.8, 4) is 0 Å². The van der Waals surface area contributed by atoms with Crippen molar-refractivity contribution in [1.29, 1.82) is 0 Å². The molecular formula is C13H23N3O2. The molecular weight excluding hydrogens is 230 g/mol. The number of likely N-dealkylation sites (tertiary alicyclic amines) is 1. The molecule has 18 heavy (non-hydrogen) atoms. The summed E-state index contributed by atoms with van der Waals surface area (Å²) in [5, 5.41) is 14.1. The molecule has 1 aliphatic rings. The van der Waals surface area contributed by atoms with Crippen LogP contribution in [0.5, 0.6) is 0 Å². The third-order valence-electron chi connectivity index (χ3n) is 3.25. The summed E-state index contributed by atoms with van der Waals surface area (Å²) in [6.45, 7) is 10.3. The van der Waals surface area contributed by atoms with Crippen LogP contribution in [0.2, 0.25) is 0 Å². The Morgan fingerprint density at radius 2 is 2.06 bits per heavy atom. The predicted octanol–water partition coefficient (Wildman–Crippen LogP) is 1.71. The van der Waals surface area contributed by atoms with Crippen LogP contribution in [0.1, 0.15) is 52.3 Å². The molecule has 0 radical (unpaired) electrons. The van der Waals surface area contributed by atoms with E-state index in [4.69, 9.17) is 4.52 Å². The van der Waals surface area contributed by atoms with Crippen molar-refractivity contribution in [2.24, 2.45) is 0 Å². The molecule has 2 rings (SSSR count). The summed E-state index contributed by atoms with van der Waals surface area (Å²) >= 11 is 0. The summed E-state index contributed by atoms with van der Waals surface area (Å²) in [4.78, 5) is 6.53. The van der Waals surface area contributed by atoms with Crippen molar-refractivity contribution in [1.82, 2.24) is 15.0 Å². The van der Waals surface area contributed by atoms with E-state index < -0.39 is 5.60 Å². The zero-order chi connectivity index (χ0) is 13.4. The molecule has 0 bridgehead atoms. The van der Waals surface area contributed by atoms with Crippen molar-refractivity contribution < 1.29 is 9.63 Å². The van der Waals surface area contributed by atoms with Gasteiger partial charge in [-0.25, -0.2) is 0 Å². The molecule has 0 aliphatic carbocycles. The van der Waals surface area contributed by atoms with Crippen molar-refractivity contribution in [2.75, 3.05) is 13.1 Å². The summed E-state index contributed by atoms with van der Waals surface area (Å²) in [7, 11) is 0. The molecule has 0 amide bonds. The monoisotopic (exact) mass is 253 g/mol. The fraction of sp³-hybridized carbons (Fsp3) is 0.846. The van der Waals surface area contributed by atoms with E-state index in [9.17, 15) is 5.11 Å². The zero-order valence-corrected chi connectivity index (χ0v) is 11.7. The molecule has 0 unspecified atom stereocenters. The van der Waals surface area contributed by atoms with Gasteiger partial charge in [0.15, 0.2) is 5.82 Å². The van der Waals surface area contributed by atoms with E-state index in [-0.39, 0.29) is 5.41 Å². The molecule has 102 valence electrons. The van der Waals surface area contributed by atoms with Crippen LogP contribution in [0.3, 0.4) is 0 Å². The number of aliphatic hydroxyl groups is 1. The number of hydrogen-bond acceptors (Lipinski definition) is 5. The lowest BCUT2D eigenvalue weighted by Crippen LogP contribution is -2.60. The van der Waals surface area contributed by atoms with Crippen molar-refractivity contribution in [3.63, 3.8) is 0 Å². The number of hydrogen-bond donors (Lipinski definition) is 1. The topological polar surface area (TPSA) is 62.4 Å². The highest BCUT2D eigenvalue weighted by molar-refractivity contribution is 5.01. The lowest BCUT2D eigenvalue weighted by atomic mass is 9.89. The molecule has 1 fully saturated rings. The molecule has 0 atom stereocenters. The number of rotatable bonds is 4. The smallest absolute Gasteiger partial charge is 0.240 e. The molecule has 1 N–H and O–H groups in total. The van der Waals surface area contributed by atoms with E-state index in [0.29, 0.717) is 25.5 Å². The maximum Gasteiger partial charge on any atom is 0.240 e. The van der Waals surface area contributed by atoms with Gasteiger partial charge in [-0.3, -0.25) is 4.90 Å². The fourth-order valence-electron chi connectivity index (χ4n) is 2.34. The first kappa shape index (κ1) is 13.5. The molecule has 2 heterocycles. The van der Waals surface area contributed by atoms with Crippen molar-refractivity contribution in [2.45, 2.75) is 58.1 Å². The van der Waals surface area contributed by atoms with Crippen molar-refractivity contribution >= 4 is 0 Å². The summed E-state index contributed by atoms with van der Waals surface area (Å²) in [6, 6.07) is 0. The fourth-order valence-corrected chi connectivity index (χ4v) is 2.34. The van der Waals surface area contributed by atoms with E-state index in [1.165, 1.54) is 0 Å². The van der Waals surface area contributed by atoms with Crippen LogP contribution in [-0.2, 0) is 12.0 Å². The highest BCUT2D eigenvalue weighted by Gasteiger charge is 2.40. The van der Waals surface area contributed by atoms with Gasteiger partial charge in [0, 0.05) is 18.5 Å². The normalized spacial score (nSPS) is 19.8. The highest BCUT2D eigenvalue weighted by atomic mass is 16.5. The SMILES string of the molecule is CCCC1(O)CN(Cc2nc(C(C)(C)C)no2)C1. The molecule has 0 spiro atoms. The second kappa shape index (κ2) is 4.63. The minimum atomic E-state index is -0.498. The molecule has 0 saturated carbocycles. The Morgan fingerprint density at radius 3 is 2.56 bits per heavy atom. The standard InChI is InChI=1S/C13H23N3O2/c1-5-6-13(17)8-16(9-13)7-10-14-11(15-18-10)12(2,3)4/h17H,5-9H2,1-4H3. The first-order valence-electron chi connectivity index (χ1n) is 6.60. The van der Waals surface area contributed by atoms with Crippen LogP contribution < -0.4 is 0 Å². The minimum Gasteiger partial charge on any atom is -0.387 e. The first-order valence-corrected chi connectivity index (χ1v) is 6.60. The Kier molecular flexibility index (Phi) is 3.47. The molecule has 0 aromatic carbocycles. The first-order chi connectivity index (χ1) is 8.32. The average molecular weight is 253 g/mol.